The Balaban J connectivity index is 0. The van der Waals surface area contributed by atoms with Gasteiger partial charge in [-0.1, -0.05) is 98.3 Å². The molecular weight excluding hydrogens is 414 g/mol. The first-order valence-corrected chi connectivity index (χ1v) is 14.7. The van der Waals surface area contributed by atoms with E-state index >= 15 is 0 Å². The summed E-state index contributed by atoms with van der Waals surface area (Å²) in [4.78, 5) is 5.48. The maximum absolute atomic E-state index is 2.75. The topological polar surface area (TPSA) is 6.48 Å². The van der Waals surface area contributed by atoms with Gasteiger partial charge < -0.3 is 9.80 Å². The van der Waals surface area contributed by atoms with Crippen LogP contribution in [-0.4, -0.2) is 48.1 Å². The molecule has 33 heavy (non-hydrogen) atoms. The number of hydrogen-bond donors (Lipinski definition) is 0. The van der Waals surface area contributed by atoms with E-state index < -0.39 is 0 Å². The third kappa shape index (κ3) is 16.9. The van der Waals surface area contributed by atoms with E-state index in [0.717, 1.165) is 12.1 Å². The molecule has 0 amide bonds. The molecule has 2 fully saturated rings. The molecule has 0 aromatic rings. The van der Waals surface area contributed by atoms with Gasteiger partial charge in [0.05, 0.1) is 0 Å². The van der Waals surface area contributed by atoms with Crippen molar-refractivity contribution in [1.29, 1.82) is 0 Å². The van der Waals surface area contributed by atoms with E-state index in [1.165, 1.54) is 148 Å². The molecule has 0 aromatic heterocycles. The summed E-state index contributed by atoms with van der Waals surface area (Å²) in [5.41, 5.74) is 0. The van der Waals surface area contributed by atoms with Crippen LogP contribution in [0.4, 0.5) is 9.41 Å². The Hall–Kier alpha value is -0.220. The first kappa shape index (κ1) is 34.9. The molecule has 2 rings (SSSR count). The maximum atomic E-state index is 2.75. The quantitative estimate of drug-likeness (QED) is 0.193. The Morgan fingerprint density at radius 1 is 0.515 bits per heavy atom. The van der Waals surface area contributed by atoms with Crippen molar-refractivity contribution in [1.82, 2.24) is 9.80 Å². The zero-order chi connectivity index (χ0) is 22.6. The lowest BCUT2D eigenvalue weighted by molar-refractivity contribution is 0.236. The smallest absolute Gasteiger partial charge is 0.00956 e. The number of rotatable bonds is 17. The Morgan fingerprint density at radius 2 is 0.939 bits per heavy atom. The summed E-state index contributed by atoms with van der Waals surface area (Å²) in [6, 6.07) is 1.85. The van der Waals surface area contributed by atoms with Gasteiger partial charge in [0.25, 0.3) is 0 Å². The Bertz CT molecular complexity index is 381. The van der Waals surface area contributed by atoms with Crippen molar-refractivity contribution >= 4 is 0 Å². The normalized spacial score (nSPS) is 20.7. The van der Waals surface area contributed by atoms with Crippen LogP contribution in [0.25, 0.3) is 0 Å². The van der Waals surface area contributed by atoms with Gasteiger partial charge in [0.15, 0.2) is 0 Å². The van der Waals surface area contributed by atoms with E-state index in [1.54, 1.807) is 0 Å². The summed E-state index contributed by atoms with van der Waals surface area (Å²) in [6.45, 7) is 14.7. The molecule has 0 radical (unpaired) electrons. The summed E-state index contributed by atoms with van der Waals surface area (Å²) < 4.78 is 0. The highest BCUT2D eigenvalue weighted by Crippen LogP contribution is 2.22. The maximum Gasteiger partial charge on any atom is 0.00956 e. The van der Waals surface area contributed by atoms with Gasteiger partial charge in [-0.2, -0.15) is 0 Å². The van der Waals surface area contributed by atoms with E-state index in [-0.39, 0.29) is 9.41 Å². The second kappa shape index (κ2) is 24.9. The van der Waals surface area contributed by atoms with Gasteiger partial charge in [-0.25, -0.2) is 0 Å². The van der Waals surface area contributed by atoms with Gasteiger partial charge in [-0.05, 0) is 77.5 Å². The highest BCUT2D eigenvalue weighted by atomic mass is 19.0. The summed E-state index contributed by atoms with van der Waals surface area (Å²) in [5.74, 6) is 0. The van der Waals surface area contributed by atoms with Crippen LogP contribution < -0.4 is 0 Å². The van der Waals surface area contributed by atoms with E-state index in [1.807, 2.05) is 0 Å². The van der Waals surface area contributed by atoms with Crippen molar-refractivity contribution in [2.45, 2.75) is 162 Å². The van der Waals surface area contributed by atoms with Crippen LogP contribution in [0, 0.1) is 0 Å². The van der Waals surface area contributed by atoms with Crippen molar-refractivity contribution in [2.24, 2.45) is 0 Å². The lowest BCUT2D eigenvalue weighted by atomic mass is 10.1. The minimum absolute atomic E-state index is 0. The number of halogens is 2. The molecule has 2 heterocycles. The Morgan fingerprint density at radius 3 is 1.39 bits per heavy atom. The molecule has 2 atom stereocenters. The average Bonchev–Trinajstić information content (AvgIpc) is 3.43. The summed E-state index contributed by atoms with van der Waals surface area (Å²) >= 11 is 0. The van der Waals surface area contributed by atoms with Gasteiger partial charge in [-0.3, -0.25) is 9.41 Å². The molecule has 0 spiro atoms. The molecule has 202 valence electrons. The van der Waals surface area contributed by atoms with Crippen LogP contribution in [-0.2, 0) is 0 Å². The minimum Gasteiger partial charge on any atom is -0.300 e. The van der Waals surface area contributed by atoms with E-state index in [9.17, 15) is 0 Å². The molecule has 2 nitrogen and oxygen atoms in total. The van der Waals surface area contributed by atoms with E-state index in [4.69, 9.17) is 0 Å². The predicted octanol–water partition coefficient (Wildman–Crippen LogP) is 9.14. The molecule has 2 unspecified atom stereocenters. The lowest BCUT2D eigenvalue weighted by Gasteiger charge is -2.23. The van der Waals surface area contributed by atoms with Crippen LogP contribution in [0.5, 0.6) is 0 Å². The molecular formula is C29H62F2N2. The van der Waals surface area contributed by atoms with Crippen molar-refractivity contribution in [2.75, 3.05) is 26.2 Å². The molecule has 0 bridgehead atoms. The predicted molar refractivity (Wildman–Crippen MR) is 146 cm³/mol. The standard InChI is InChI=1S/C15H31N.C14H29N.2FH/c1-3-5-6-7-8-9-13-16-14-10-12-15(16)11-4-2;1-3-5-6-7-8-9-12-15-13-10-11-14(15)4-2;;/h15H,3-14H2,1-2H3;14H,3-13H2,1-2H3;2*1H. The molecule has 0 saturated carbocycles. The first-order chi connectivity index (χ1) is 15.3. The highest BCUT2D eigenvalue weighted by molar-refractivity contribution is 4.78. The van der Waals surface area contributed by atoms with E-state index in [0.29, 0.717) is 0 Å². The van der Waals surface area contributed by atoms with Crippen molar-refractivity contribution < 1.29 is 9.41 Å². The number of hydrogen-bond acceptors (Lipinski definition) is 2. The fourth-order valence-electron chi connectivity index (χ4n) is 5.69. The van der Waals surface area contributed by atoms with Gasteiger partial charge in [0, 0.05) is 12.1 Å². The summed E-state index contributed by atoms with van der Waals surface area (Å²) in [7, 11) is 0. The van der Waals surface area contributed by atoms with Crippen molar-refractivity contribution in [3.05, 3.63) is 0 Å². The number of nitrogens with zero attached hydrogens (tertiary/aromatic N) is 2. The number of likely N-dealkylation sites (tertiary alicyclic amines) is 2. The van der Waals surface area contributed by atoms with Crippen LogP contribution >= 0.6 is 0 Å². The monoisotopic (exact) mass is 476 g/mol. The largest absolute Gasteiger partial charge is 0.300 e. The zero-order valence-corrected chi connectivity index (χ0v) is 23.1. The average molecular weight is 477 g/mol. The molecule has 2 saturated heterocycles. The second-order valence-electron chi connectivity index (χ2n) is 10.4. The summed E-state index contributed by atoms with van der Waals surface area (Å²) in [6.07, 6.45) is 27.1. The van der Waals surface area contributed by atoms with Crippen LogP contribution in [0.2, 0.25) is 0 Å². The minimum atomic E-state index is 0. The molecule has 2 aliphatic heterocycles. The molecule has 2 aliphatic rings. The van der Waals surface area contributed by atoms with Crippen LogP contribution in [0.3, 0.4) is 0 Å². The molecule has 0 N–H and O–H groups in total. The SMILES string of the molecule is CCCCCCCCN1CCCC1CC.CCCCCCCCN1CCCC1CCC.F.F. The Kier molecular flexibility index (Phi) is 26.4. The lowest BCUT2D eigenvalue weighted by Crippen LogP contribution is -2.30. The first-order valence-electron chi connectivity index (χ1n) is 14.7. The number of unbranched alkanes of at least 4 members (excludes halogenated alkanes) is 10. The second-order valence-corrected chi connectivity index (χ2v) is 10.4. The fraction of sp³-hybridized carbons (Fsp3) is 1.00. The third-order valence-corrected chi connectivity index (χ3v) is 7.69. The van der Waals surface area contributed by atoms with Crippen LogP contribution in [0.1, 0.15) is 150 Å². The van der Waals surface area contributed by atoms with Gasteiger partial charge in [-0.15, -0.1) is 0 Å². The Labute approximate surface area is 207 Å². The van der Waals surface area contributed by atoms with Crippen molar-refractivity contribution in [3.63, 3.8) is 0 Å². The summed E-state index contributed by atoms with van der Waals surface area (Å²) in [5, 5.41) is 0. The van der Waals surface area contributed by atoms with Gasteiger partial charge >= 0.3 is 0 Å². The van der Waals surface area contributed by atoms with E-state index in [2.05, 4.69) is 37.5 Å². The molecule has 0 aromatic carbocycles. The van der Waals surface area contributed by atoms with Gasteiger partial charge in [0.1, 0.15) is 0 Å². The van der Waals surface area contributed by atoms with Crippen LogP contribution in [0.15, 0.2) is 0 Å². The fourth-order valence-corrected chi connectivity index (χ4v) is 5.69. The third-order valence-electron chi connectivity index (χ3n) is 7.69. The zero-order valence-electron chi connectivity index (χ0n) is 23.1. The highest BCUT2D eigenvalue weighted by Gasteiger charge is 2.22. The van der Waals surface area contributed by atoms with Crippen molar-refractivity contribution in [3.8, 4) is 0 Å². The molecule has 0 aliphatic carbocycles. The van der Waals surface area contributed by atoms with Gasteiger partial charge in [0.2, 0.25) is 0 Å². The molecule has 4 heteroatoms.